The number of imidazole rings is 1. The van der Waals surface area contributed by atoms with Crippen LogP contribution in [0.5, 0.6) is 0 Å². The first kappa shape index (κ1) is 30.9. The molecule has 0 saturated heterocycles. The first-order valence-electron chi connectivity index (χ1n) is 14.5. The fourth-order valence-electron chi connectivity index (χ4n) is 5.31. The lowest BCUT2D eigenvalue weighted by Crippen LogP contribution is -2.42. The number of halogens is 2. The van der Waals surface area contributed by atoms with Gasteiger partial charge in [-0.15, -0.1) is 0 Å². The fraction of sp³-hybridized carbons (Fsp3) is 0.344. The molecule has 1 aliphatic rings. The minimum atomic E-state index is -0.727. The summed E-state index contributed by atoms with van der Waals surface area (Å²) in [7, 11) is 1.61. The summed E-state index contributed by atoms with van der Waals surface area (Å²) >= 11 is 6.08. The number of carbonyl (C=O) groups is 3. The van der Waals surface area contributed by atoms with Gasteiger partial charge in [0.1, 0.15) is 24.1 Å². The molecule has 1 aliphatic heterocycles. The zero-order valence-electron chi connectivity index (χ0n) is 24.6. The van der Waals surface area contributed by atoms with Crippen LogP contribution in [0.3, 0.4) is 0 Å². The molecule has 3 amide bonds. The Kier molecular flexibility index (Phi) is 9.74. The van der Waals surface area contributed by atoms with Crippen molar-refractivity contribution in [1.29, 1.82) is 0 Å². The van der Waals surface area contributed by atoms with Crippen molar-refractivity contribution >= 4 is 46.1 Å². The van der Waals surface area contributed by atoms with Crippen LogP contribution in [0, 0.1) is 12.7 Å². The maximum atomic E-state index is 13.9. The second kappa shape index (κ2) is 13.9. The summed E-state index contributed by atoms with van der Waals surface area (Å²) < 4.78 is 19.4. The van der Waals surface area contributed by atoms with Crippen LogP contribution in [0.1, 0.15) is 42.0 Å². The van der Waals surface area contributed by atoms with Crippen molar-refractivity contribution in [3.63, 3.8) is 0 Å². The van der Waals surface area contributed by atoms with Gasteiger partial charge in [-0.05, 0) is 42.8 Å². The van der Waals surface area contributed by atoms with E-state index in [1.165, 1.54) is 11.0 Å². The highest BCUT2D eigenvalue weighted by Gasteiger charge is 2.27. The van der Waals surface area contributed by atoms with Gasteiger partial charge in [-0.25, -0.2) is 19.2 Å². The molecule has 1 atom stereocenters. The van der Waals surface area contributed by atoms with E-state index in [2.05, 4.69) is 20.3 Å². The number of hydrogen-bond donors (Lipinski definition) is 2. The SMILES string of the molecule is Cc1nc2c([nH]1)CN(C(=O)CC[C@@H](COC(=O)Nc1cc3ccccc3cn1)N(C)C(=O)CCc1cccc(F)c1Cl)CC2. The van der Waals surface area contributed by atoms with Gasteiger partial charge in [0, 0.05) is 44.4 Å². The number of aromatic amines is 1. The Hall–Kier alpha value is -4.51. The number of anilines is 1. The highest BCUT2D eigenvalue weighted by Crippen LogP contribution is 2.23. The van der Waals surface area contributed by atoms with Gasteiger partial charge in [0.2, 0.25) is 11.8 Å². The van der Waals surface area contributed by atoms with Crippen molar-refractivity contribution in [2.75, 3.05) is 25.5 Å². The Morgan fingerprint density at radius 2 is 1.95 bits per heavy atom. The number of nitrogens with one attached hydrogen (secondary N) is 2. The molecule has 0 bridgehead atoms. The van der Waals surface area contributed by atoms with Gasteiger partial charge in [-0.3, -0.25) is 14.9 Å². The second-order valence-electron chi connectivity index (χ2n) is 10.9. The van der Waals surface area contributed by atoms with Gasteiger partial charge in [0.25, 0.3) is 0 Å². The van der Waals surface area contributed by atoms with Crippen LogP contribution in [0.2, 0.25) is 5.02 Å². The molecule has 0 aliphatic carbocycles. The van der Waals surface area contributed by atoms with E-state index in [0.29, 0.717) is 30.9 Å². The number of H-pyrrole nitrogens is 1. The summed E-state index contributed by atoms with van der Waals surface area (Å²) in [4.78, 5) is 54.3. The van der Waals surface area contributed by atoms with Crippen molar-refractivity contribution in [2.45, 2.75) is 51.6 Å². The van der Waals surface area contributed by atoms with E-state index in [9.17, 15) is 18.8 Å². The third kappa shape index (κ3) is 7.52. The average Bonchev–Trinajstić information content (AvgIpc) is 3.40. The minimum Gasteiger partial charge on any atom is -0.447 e. The molecule has 2 N–H and O–H groups in total. The van der Waals surface area contributed by atoms with E-state index in [4.69, 9.17) is 16.3 Å². The van der Waals surface area contributed by atoms with Gasteiger partial charge in [-0.1, -0.05) is 48.0 Å². The summed E-state index contributed by atoms with van der Waals surface area (Å²) in [5.74, 6) is 0.286. The summed E-state index contributed by atoms with van der Waals surface area (Å²) in [5, 5.41) is 4.47. The zero-order valence-corrected chi connectivity index (χ0v) is 25.4. The Balaban J connectivity index is 1.22. The fourth-order valence-corrected chi connectivity index (χ4v) is 5.53. The number of carbonyl (C=O) groups excluding carboxylic acids is 3. The zero-order chi connectivity index (χ0) is 31.2. The number of amides is 3. The van der Waals surface area contributed by atoms with Crippen LogP contribution in [0.15, 0.2) is 54.7 Å². The van der Waals surface area contributed by atoms with Crippen LogP contribution in [0.25, 0.3) is 10.8 Å². The van der Waals surface area contributed by atoms with Crippen molar-refractivity contribution in [3.8, 4) is 0 Å². The molecule has 3 heterocycles. The quantitative estimate of drug-likeness (QED) is 0.244. The lowest BCUT2D eigenvalue weighted by Gasteiger charge is -2.30. The predicted octanol–water partition coefficient (Wildman–Crippen LogP) is 5.43. The van der Waals surface area contributed by atoms with E-state index in [0.717, 1.165) is 28.0 Å². The molecule has 0 fully saturated rings. The molecule has 12 heteroatoms. The van der Waals surface area contributed by atoms with Crippen molar-refractivity contribution in [2.24, 2.45) is 0 Å². The van der Waals surface area contributed by atoms with E-state index >= 15 is 0 Å². The number of nitrogens with zero attached hydrogens (tertiary/aromatic N) is 4. The second-order valence-corrected chi connectivity index (χ2v) is 11.2. The molecule has 2 aromatic carbocycles. The summed E-state index contributed by atoms with van der Waals surface area (Å²) in [6, 6.07) is 13.3. The molecule has 4 aromatic rings. The third-order valence-corrected chi connectivity index (χ3v) is 8.27. The van der Waals surface area contributed by atoms with Crippen LogP contribution < -0.4 is 5.32 Å². The highest BCUT2D eigenvalue weighted by atomic mass is 35.5. The number of fused-ring (bicyclic) bond motifs is 2. The Morgan fingerprint density at radius 3 is 2.77 bits per heavy atom. The first-order chi connectivity index (χ1) is 21.2. The lowest BCUT2D eigenvalue weighted by molar-refractivity contribution is -0.136. The van der Waals surface area contributed by atoms with Crippen LogP contribution in [-0.4, -0.2) is 68.9 Å². The molecular formula is C32H34ClFN6O4. The maximum absolute atomic E-state index is 13.9. The van der Waals surface area contributed by atoms with Gasteiger partial charge >= 0.3 is 6.09 Å². The highest BCUT2D eigenvalue weighted by molar-refractivity contribution is 6.31. The van der Waals surface area contributed by atoms with Crippen LogP contribution in [-0.2, 0) is 33.7 Å². The molecule has 230 valence electrons. The molecule has 10 nitrogen and oxygen atoms in total. The number of aryl methyl sites for hydroxylation is 2. The number of likely N-dealkylation sites (N-methyl/N-ethyl adjacent to an activating group) is 1. The van der Waals surface area contributed by atoms with Gasteiger partial charge < -0.3 is 19.5 Å². The number of aromatic nitrogens is 3. The van der Waals surface area contributed by atoms with Crippen molar-refractivity contribution in [1.82, 2.24) is 24.8 Å². The van der Waals surface area contributed by atoms with Gasteiger partial charge in [0.05, 0.1) is 29.0 Å². The standard InChI is InChI=1S/C32H34ClFN6O4/c1-20-36-26-14-15-40(18-27(26)37-20)30(42)13-11-24(39(2)29(41)12-10-21-8-5-9-25(34)31(21)33)19-44-32(43)38-28-16-22-6-3-4-7-23(22)17-35-28/h3-9,16-17,24H,10-15,18-19H2,1-2H3,(H,36,37)(H,35,38,43)/t24-/m0/s1. The molecule has 44 heavy (non-hydrogen) atoms. The molecule has 0 saturated carbocycles. The molecule has 0 radical (unpaired) electrons. The van der Waals surface area contributed by atoms with Crippen LogP contribution in [0.4, 0.5) is 15.0 Å². The molecule has 5 rings (SSSR count). The third-order valence-electron chi connectivity index (χ3n) is 7.84. The van der Waals surface area contributed by atoms with E-state index in [-0.39, 0.29) is 49.1 Å². The van der Waals surface area contributed by atoms with Crippen LogP contribution >= 0.6 is 11.6 Å². The maximum Gasteiger partial charge on any atom is 0.412 e. The first-order valence-corrected chi connectivity index (χ1v) is 14.8. The number of pyridine rings is 1. The Morgan fingerprint density at radius 1 is 1.16 bits per heavy atom. The smallest absolute Gasteiger partial charge is 0.412 e. The molecule has 0 spiro atoms. The number of benzene rings is 2. The van der Waals surface area contributed by atoms with Crippen molar-refractivity contribution < 1.29 is 23.5 Å². The molecular weight excluding hydrogens is 587 g/mol. The normalized spacial score (nSPS) is 13.3. The largest absolute Gasteiger partial charge is 0.447 e. The topological polar surface area (TPSA) is 121 Å². The number of rotatable bonds is 10. The average molecular weight is 621 g/mol. The summed E-state index contributed by atoms with van der Waals surface area (Å²) in [5.41, 5.74) is 2.44. The summed E-state index contributed by atoms with van der Waals surface area (Å²) in [6.45, 7) is 2.75. The summed E-state index contributed by atoms with van der Waals surface area (Å²) in [6.07, 6.45) is 2.32. The predicted molar refractivity (Wildman–Crippen MR) is 165 cm³/mol. The Bertz CT molecular complexity index is 1680. The number of hydrogen-bond acceptors (Lipinski definition) is 6. The van der Waals surface area contributed by atoms with E-state index in [1.54, 1.807) is 36.3 Å². The molecule has 0 unspecified atom stereocenters. The van der Waals surface area contributed by atoms with E-state index < -0.39 is 18.0 Å². The Labute approximate surface area is 259 Å². The molecule has 2 aromatic heterocycles. The van der Waals surface area contributed by atoms with E-state index in [1.807, 2.05) is 31.2 Å². The lowest BCUT2D eigenvalue weighted by atomic mass is 10.1. The minimum absolute atomic E-state index is 0.00967. The van der Waals surface area contributed by atoms with Gasteiger partial charge in [0.15, 0.2) is 0 Å². The monoisotopic (exact) mass is 620 g/mol. The van der Waals surface area contributed by atoms with Gasteiger partial charge in [-0.2, -0.15) is 0 Å². The number of ether oxygens (including phenoxy) is 1. The van der Waals surface area contributed by atoms with Crippen molar-refractivity contribution in [3.05, 3.63) is 88.3 Å².